The molecule has 0 aliphatic rings. The molecule has 0 unspecified atom stereocenters. The van der Waals surface area contributed by atoms with Gasteiger partial charge in [0, 0.05) is 6.07 Å². The average molecular weight is 227 g/mol. The lowest BCUT2D eigenvalue weighted by atomic mass is 10.2. The van der Waals surface area contributed by atoms with Gasteiger partial charge in [-0.2, -0.15) is 0 Å². The molecular formula is C15H19N2+. The fourth-order valence-electron chi connectivity index (χ4n) is 2.00. The van der Waals surface area contributed by atoms with Crippen LogP contribution in [0.5, 0.6) is 0 Å². The van der Waals surface area contributed by atoms with Crippen molar-refractivity contribution in [2.24, 2.45) is 7.05 Å². The van der Waals surface area contributed by atoms with Crippen LogP contribution in [0.4, 0.5) is 5.82 Å². The molecule has 0 bridgehead atoms. The van der Waals surface area contributed by atoms with E-state index >= 15 is 0 Å². The summed E-state index contributed by atoms with van der Waals surface area (Å²) in [5, 5.41) is 0. The molecule has 0 aliphatic heterocycles. The van der Waals surface area contributed by atoms with Gasteiger partial charge in [0.1, 0.15) is 6.54 Å². The number of rotatable bonds is 4. The van der Waals surface area contributed by atoms with Crippen LogP contribution in [-0.4, -0.2) is 6.54 Å². The van der Waals surface area contributed by atoms with Crippen molar-refractivity contribution in [3.05, 3.63) is 60.3 Å². The average Bonchev–Trinajstić information content (AvgIpc) is 2.38. The number of aryl methyl sites for hydroxylation is 1. The summed E-state index contributed by atoms with van der Waals surface area (Å²) in [6.07, 6.45) is 2.09. The first-order chi connectivity index (χ1) is 8.31. The molecule has 2 rings (SSSR count). The van der Waals surface area contributed by atoms with E-state index in [2.05, 4.69) is 78.2 Å². The summed E-state index contributed by atoms with van der Waals surface area (Å²) in [7, 11) is 2.09. The molecule has 1 heterocycles. The van der Waals surface area contributed by atoms with E-state index in [9.17, 15) is 0 Å². The second-order valence-electron chi connectivity index (χ2n) is 4.17. The highest BCUT2D eigenvalue weighted by Gasteiger charge is 2.15. The molecule has 1 aromatic heterocycles. The van der Waals surface area contributed by atoms with Gasteiger partial charge in [0.25, 0.3) is 5.82 Å². The maximum atomic E-state index is 2.37. The van der Waals surface area contributed by atoms with Crippen LogP contribution < -0.4 is 9.47 Å². The number of nitrogens with zero attached hydrogens (tertiary/aromatic N) is 2. The summed E-state index contributed by atoms with van der Waals surface area (Å²) in [5.74, 6) is 1.25. The third-order valence-electron chi connectivity index (χ3n) is 2.95. The fraction of sp³-hybridized carbons (Fsp3) is 0.267. The monoisotopic (exact) mass is 227 g/mol. The van der Waals surface area contributed by atoms with Crippen molar-refractivity contribution >= 4 is 5.82 Å². The van der Waals surface area contributed by atoms with E-state index in [0.717, 1.165) is 13.1 Å². The predicted molar refractivity (Wildman–Crippen MR) is 70.8 cm³/mol. The van der Waals surface area contributed by atoms with Crippen molar-refractivity contribution in [2.45, 2.75) is 13.5 Å². The van der Waals surface area contributed by atoms with E-state index in [-0.39, 0.29) is 0 Å². The lowest BCUT2D eigenvalue weighted by Crippen LogP contribution is -2.38. The Morgan fingerprint density at radius 1 is 1.00 bits per heavy atom. The minimum atomic E-state index is 0.954. The first-order valence-electron chi connectivity index (χ1n) is 6.05. The molecule has 17 heavy (non-hydrogen) atoms. The van der Waals surface area contributed by atoms with Crippen molar-refractivity contribution in [2.75, 3.05) is 11.4 Å². The van der Waals surface area contributed by atoms with Crippen molar-refractivity contribution in [1.82, 2.24) is 0 Å². The number of aromatic nitrogens is 1. The number of hydrogen-bond acceptors (Lipinski definition) is 1. The largest absolute Gasteiger partial charge is 0.276 e. The van der Waals surface area contributed by atoms with Crippen molar-refractivity contribution in [1.29, 1.82) is 0 Å². The molecule has 2 aromatic rings. The Hall–Kier alpha value is -1.83. The van der Waals surface area contributed by atoms with E-state index < -0.39 is 0 Å². The fourth-order valence-corrected chi connectivity index (χ4v) is 2.00. The number of anilines is 1. The first-order valence-corrected chi connectivity index (χ1v) is 6.05. The van der Waals surface area contributed by atoms with Crippen LogP contribution in [0.1, 0.15) is 12.5 Å². The highest BCUT2D eigenvalue weighted by atomic mass is 15.2. The zero-order chi connectivity index (χ0) is 12.1. The highest BCUT2D eigenvalue weighted by molar-refractivity contribution is 5.34. The summed E-state index contributed by atoms with van der Waals surface area (Å²) in [5.41, 5.74) is 1.35. The molecule has 0 atom stereocenters. The Balaban J connectivity index is 2.21. The molecule has 2 nitrogen and oxygen atoms in total. The van der Waals surface area contributed by atoms with E-state index in [1.54, 1.807) is 0 Å². The zero-order valence-corrected chi connectivity index (χ0v) is 10.5. The number of benzene rings is 1. The molecule has 1 aromatic carbocycles. The van der Waals surface area contributed by atoms with Gasteiger partial charge in [0.2, 0.25) is 0 Å². The van der Waals surface area contributed by atoms with Gasteiger partial charge in [0.05, 0.1) is 19.8 Å². The topological polar surface area (TPSA) is 7.12 Å². The first kappa shape index (κ1) is 11.6. The Morgan fingerprint density at radius 2 is 1.71 bits per heavy atom. The molecule has 0 radical (unpaired) electrons. The lowest BCUT2D eigenvalue weighted by Gasteiger charge is -2.16. The Morgan fingerprint density at radius 3 is 2.35 bits per heavy atom. The molecule has 0 amide bonds. The molecule has 0 aliphatic carbocycles. The van der Waals surface area contributed by atoms with E-state index in [1.807, 2.05) is 0 Å². The summed E-state index contributed by atoms with van der Waals surface area (Å²) in [6, 6.07) is 16.9. The third-order valence-corrected chi connectivity index (χ3v) is 2.95. The molecule has 0 spiro atoms. The van der Waals surface area contributed by atoms with Gasteiger partial charge in [-0.3, -0.25) is 4.90 Å². The van der Waals surface area contributed by atoms with E-state index in [0.29, 0.717) is 0 Å². The standard InChI is InChI=1S/C15H19N2/c1-3-17(13-14-9-5-4-6-10-14)15-11-7-8-12-16(15)2/h4-12H,3,13H2,1-2H3/q+1. The van der Waals surface area contributed by atoms with Gasteiger partial charge < -0.3 is 0 Å². The molecule has 0 N–H and O–H groups in total. The minimum absolute atomic E-state index is 0.954. The summed E-state index contributed by atoms with van der Waals surface area (Å²) in [6.45, 7) is 4.15. The SMILES string of the molecule is CCN(Cc1ccccc1)c1cccc[n+]1C. The highest BCUT2D eigenvalue weighted by Crippen LogP contribution is 2.11. The second kappa shape index (κ2) is 5.48. The van der Waals surface area contributed by atoms with Crippen LogP contribution in [0.3, 0.4) is 0 Å². The van der Waals surface area contributed by atoms with Crippen molar-refractivity contribution < 1.29 is 4.57 Å². The summed E-state index contributed by atoms with van der Waals surface area (Å²) in [4.78, 5) is 2.37. The molecule has 2 heteroatoms. The Kier molecular flexibility index (Phi) is 3.76. The maximum Gasteiger partial charge on any atom is 0.276 e. The van der Waals surface area contributed by atoms with Crippen LogP contribution in [0.25, 0.3) is 0 Å². The van der Waals surface area contributed by atoms with Crippen LogP contribution in [0, 0.1) is 0 Å². The van der Waals surface area contributed by atoms with Crippen LogP contribution in [-0.2, 0) is 13.6 Å². The smallest absolute Gasteiger partial charge is 0.258 e. The number of hydrogen-bond donors (Lipinski definition) is 0. The quantitative estimate of drug-likeness (QED) is 0.728. The van der Waals surface area contributed by atoms with Crippen LogP contribution in [0.2, 0.25) is 0 Å². The minimum Gasteiger partial charge on any atom is -0.258 e. The second-order valence-corrected chi connectivity index (χ2v) is 4.17. The molecule has 0 saturated heterocycles. The van der Waals surface area contributed by atoms with Crippen molar-refractivity contribution in [3.63, 3.8) is 0 Å². The van der Waals surface area contributed by atoms with Crippen LogP contribution >= 0.6 is 0 Å². The maximum absolute atomic E-state index is 2.37. The van der Waals surface area contributed by atoms with Gasteiger partial charge in [0.15, 0.2) is 0 Å². The van der Waals surface area contributed by atoms with Gasteiger partial charge in [-0.05, 0) is 18.6 Å². The lowest BCUT2D eigenvalue weighted by molar-refractivity contribution is -0.659. The zero-order valence-electron chi connectivity index (χ0n) is 10.5. The van der Waals surface area contributed by atoms with E-state index in [4.69, 9.17) is 0 Å². The summed E-state index contributed by atoms with van der Waals surface area (Å²) < 4.78 is 2.16. The Bertz CT molecular complexity index is 465. The number of pyridine rings is 1. The van der Waals surface area contributed by atoms with Crippen molar-refractivity contribution in [3.8, 4) is 0 Å². The molecular weight excluding hydrogens is 208 g/mol. The summed E-state index contributed by atoms with van der Waals surface area (Å²) >= 11 is 0. The van der Waals surface area contributed by atoms with Gasteiger partial charge in [-0.15, -0.1) is 0 Å². The molecule has 0 saturated carbocycles. The normalized spacial score (nSPS) is 10.2. The Labute approximate surface area is 103 Å². The third kappa shape index (κ3) is 2.84. The van der Waals surface area contributed by atoms with Gasteiger partial charge >= 0.3 is 0 Å². The predicted octanol–water partition coefficient (Wildman–Crippen LogP) is 2.54. The molecule has 88 valence electrons. The molecule has 0 fully saturated rings. The van der Waals surface area contributed by atoms with Crippen LogP contribution in [0.15, 0.2) is 54.7 Å². The van der Waals surface area contributed by atoms with Gasteiger partial charge in [-0.1, -0.05) is 36.4 Å². The van der Waals surface area contributed by atoms with Gasteiger partial charge in [-0.25, -0.2) is 4.57 Å². The van der Waals surface area contributed by atoms with E-state index in [1.165, 1.54) is 11.4 Å².